The molecule has 2 bridgehead atoms. The van der Waals surface area contributed by atoms with E-state index in [1.807, 2.05) is 0 Å². The number of amides is 3. The molecule has 3 atom stereocenters. The number of halogens is 4. The first kappa shape index (κ1) is 20.9. The standard InChI is InChI=1S/C20H15F4N3O4S/c21-14-6-1-2-7-16(14)32(30,31)25-10-13-9-15(25)17-18(28)27(19(29)26(13)17)12-5-3-4-11(8-12)20(22,23)24/h1-8,13,15,17H,9-10H2/t13?,15-,17-/m1/s1. The number of sulfonamides is 1. The van der Waals surface area contributed by atoms with E-state index in [9.17, 15) is 35.6 Å². The maximum absolute atomic E-state index is 14.2. The Morgan fingerprint density at radius 3 is 2.41 bits per heavy atom. The van der Waals surface area contributed by atoms with Gasteiger partial charge in [0.15, 0.2) is 0 Å². The number of rotatable bonds is 3. The molecule has 3 amide bonds. The molecule has 0 aliphatic carbocycles. The fourth-order valence-corrected chi connectivity index (χ4v) is 6.47. The van der Waals surface area contributed by atoms with Gasteiger partial charge >= 0.3 is 12.2 Å². The van der Waals surface area contributed by atoms with Crippen LogP contribution in [-0.2, 0) is 21.0 Å². The molecule has 0 N–H and O–H groups in total. The third-order valence-corrected chi connectivity index (χ3v) is 8.00. The molecule has 5 rings (SSSR count). The van der Waals surface area contributed by atoms with Gasteiger partial charge in [0.25, 0.3) is 5.91 Å². The number of hydrogen-bond donors (Lipinski definition) is 0. The molecule has 12 heteroatoms. The van der Waals surface area contributed by atoms with Crippen LogP contribution in [0.4, 0.5) is 28.0 Å². The van der Waals surface area contributed by atoms with Crippen LogP contribution in [0.5, 0.6) is 0 Å². The van der Waals surface area contributed by atoms with E-state index in [-0.39, 0.29) is 18.7 Å². The fourth-order valence-electron chi connectivity index (χ4n) is 4.73. The van der Waals surface area contributed by atoms with Crippen molar-refractivity contribution in [1.29, 1.82) is 0 Å². The van der Waals surface area contributed by atoms with Gasteiger partial charge in [0.05, 0.1) is 17.3 Å². The normalized spacial score (nSPS) is 25.7. The lowest BCUT2D eigenvalue weighted by Gasteiger charge is -2.34. The molecule has 3 aliphatic rings. The Morgan fingerprint density at radius 1 is 1.00 bits per heavy atom. The minimum absolute atomic E-state index is 0.132. The first-order valence-electron chi connectivity index (χ1n) is 9.61. The average Bonchev–Trinajstić information content (AvgIpc) is 3.39. The van der Waals surface area contributed by atoms with Gasteiger partial charge < -0.3 is 4.90 Å². The minimum atomic E-state index is -4.67. The number of carbonyl (C=O) groups excluding carboxylic acids is 2. The second-order valence-electron chi connectivity index (χ2n) is 7.82. The first-order chi connectivity index (χ1) is 15.0. The Labute approximate surface area is 179 Å². The third kappa shape index (κ3) is 2.85. The lowest BCUT2D eigenvalue weighted by Crippen LogP contribution is -2.54. The largest absolute Gasteiger partial charge is 0.416 e. The van der Waals surface area contributed by atoms with Crippen LogP contribution < -0.4 is 4.90 Å². The van der Waals surface area contributed by atoms with Crippen LogP contribution in [0.25, 0.3) is 0 Å². The van der Waals surface area contributed by atoms with Gasteiger partial charge in [-0.15, -0.1) is 0 Å². The maximum Gasteiger partial charge on any atom is 0.416 e. The molecule has 3 saturated heterocycles. The summed E-state index contributed by atoms with van der Waals surface area (Å²) in [7, 11) is -4.29. The van der Waals surface area contributed by atoms with Crippen molar-refractivity contribution in [3.05, 3.63) is 59.9 Å². The molecular weight excluding hydrogens is 454 g/mol. The first-order valence-corrected chi connectivity index (χ1v) is 11.1. The lowest BCUT2D eigenvalue weighted by atomic mass is 10.1. The van der Waals surface area contributed by atoms with Gasteiger partial charge in [0.1, 0.15) is 16.8 Å². The van der Waals surface area contributed by atoms with Crippen molar-refractivity contribution in [1.82, 2.24) is 9.21 Å². The van der Waals surface area contributed by atoms with Gasteiger partial charge in [-0.25, -0.2) is 22.5 Å². The van der Waals surface area contributed by atoms with E-state index in [1.54, 1.807) is 0 Å². The van der Waals surface area contributed by atoms with Crippen LogP contribution in [0, 0.1) is 5.82 Å². The number of hydrogen-bond acceptors (Lipinski definition) is 4. The zero-order chi connectivity index (χ0) is 23.0. The number of nitrogens with zero attached hydrogens (tertiary/aromatic N) is 3. The second kappa shape index (κ2) is 6.75. The second-order valence-corrected chi connectivity index (χ2v) is 9.68. The summed E-state index contributed by atoms with van der Waals surface area (Å²) in [6, 6.07) is 5.11. The molecule has 32 heavy (non-hydrogen) atoms. The highest BCUT2D eigenvalue weighted by atomic mass is 32.2. The van der Waals surface area contributed by atoms with E-state index in [1.165, 1.54) is 23.1 Å². The predicted molar refractivity (Wildman–Crippen MR) is 102 cm³/mol. The van der Waals surface area contributed by atoms with Gasteiger partial charge in [-0.3, -0.25) is 4.79 Å². The lowest BCUT2D eigenvalue weighted by molar-refractivity contribution is -0.137. The summed E-state index contributed by atoms with van der Waals surface area (Å²) < 4.78 is 80.6. The SMILES string of the molecule is O=C1[C@H]2[C@H]3CC(CN3S(=O)(=O)c3ccccc3F)N2C(=O)N1c1cccc(C(F)(F)F)c1. The Balaban J connectivity index is 1.49. The highest BCUT2D eigenvalue weighted by Crippen LogP contribution is 2.45. The molecule has 1 unspecified atom stereocenters. The maximum atomic E-state index is 14.2. The number of anilines is 1. The zero-order valence-corrected chi connectivity index (χ0v) is 17.0. The van der Waals surface area contributed by atoms with Crippen molar-refractivity contribution in [3.63, 3.8) is 0 Å². The van der Waals surface area contributed by atoms with Crippen molar-refractivity contribution in [2.24, 2.45) is 0 Å². The Hall–Kier alpha value is -2.99. The minimum Gasteiger partial charge on any atom is -0.306 e. The van der Waals surface area contributed by atoms with Gasteiger partial charge in [0, 0.05) is 12.6 Å². The van der Waals surface area contributed by atoms with Crippen LogP contribution in [0.3, 0.4) is 0 Å². The number of carbonyl (C=O) groups is 2. The van der Waals surface area contributed by atoms with Crippen LogP contribution in [0.1, 0.15) is 12.0 Å². The molecule has 3 fully saturated rings. The van der Waals surface area contributed by atoms with Crippen molar-refractivity contribution < 1.29 is 35.6 Å². The highest BCUT2D eigenvalue weighted by Gasteiger charge is 2.64. The summed E-state index contributed by atoms with van der Waals surface area (Å²) in [5.41, 5.74) is -1.26. The number of urea groups is 1. The quantitative estimate of drug-likeness (QED) is 0.512. The van der Waals surface area contributed by atoms with E-state index in [0.717, 1.165) is 28.6 Å². The number of benzene rings is 2. The molecule has 3 heterocycles. The van der Waals surface area contributed by atoms with Crippen molar-refractivity contribution >= 4 is 27.6 Å². The summed E-state index contributed by atoms with van der Waals surface area (Å²) in [5.74, 6) is -1.75. The van der Waals surface area contributed by atoms with E-state index >= 15 is 0 Å². The summed E-state index contributed by atoms with van der Waals surface area (Å²) in [4.78, 5) is 27.4. The Kier molecular flexibility index (Phi) is 4.41. The van der Waals surface area contributed by atoms with E-state index < -0.39 is 62.5 Å². The molecule has 2 aromatic carbocycles. The molecule has 3 aliphatic heterocycles. The van der Waals surface area contributed by atoms with Crippen LogP contribution in [-0.4, -0.2) is 54.2 Å². The van der Waals surface area contributed by atoms with E-state index in [0.29, 0.717) is 11.0 Å². The van der Waals surface area contributed by atoms with Crippen LogP contribution >= 0.6 is 0 Å². The van der Waals surface area contributed by atoms with E-state index in [4.69, 9.17) is 0 Å². The smallest absolute Gasteiger partial charge is 0.306 e. The fraction of sp³-hybridized carbons (Fsp3) is 0.300. The van der Waals surface area contributed by atoms with Crippen molar-refractivity contribution in [3.8, 4) is 0 Å². The summed E-state index contributed by atoms with van der Waals surface area (Å²) in [6.45, 7) is -0.132. The molecule has 168 valence electrons. The van der Waals surface area contributed by atoms with Gasteiger partial charge in [-0.2, -0.15) is 17.5 Å². The van der Waals surface area contributed by atoms with Gasteiger partial charge in [-0.05, 0) is 36.8 Å². The molecule has 2 aromatic rings. The van der Waals surface area contributed by atoms with Gasteiger partial charge in [0.2, 0.25) is 10.0 Å². The Bertz CT molecular complexity index is 1250. The summed E-state index contributed by atoms with van der Waals surface area (Å²) in [5, 5.41) is 0. The van der Waals surface area contributed by atoms with E-state index in [2.05, 4.69) is 0 Å². The third-order valence-electron chi connectivity index (χ3n) is 6.07. The number of alkyl halides is 3. The van der Waals surface area contributed by atoms with Crippen LogP contribution in [0.15, 0.2) is 53.4 Å². The predicted octanol–water partition coefficient (Wildman–Crippen LogP) is 2.83. The molecule has 0 saturated carbocycles. The topological polar surface area (TPSA) is 78.0 Å². The Morgan fingerprint density at radius 2 is 1.72 bits per heavy atom. The zero-order valence-electron chi connectivity index (χ0n) is 16.2. The number of fused-ring (bicyclic) bond motifs is 5. The van der Waals surface area contributed by atoms with Crippen LogP contribution in [0.2, 0.25) is 0 Å². The van der Waals surface area contributed by atoms with Crippen molar-refractivity contribution in [2.75, 3.05) is 11.4 Å². The molecule has 0 radical (unpaired) electrons. The van der Waals surface area contributed by atoms with Crippen molar-refractivity contribution in [2.45, 2.75) is 35.6 Å². The monoisotopic (exact) mass is 469 g/mol. The molecular formula is C20H15F4N3O4S. The summed E-state index contributed by atoms with van der Waals surface area (Å²) in [6.07, 6.45) is -4.48. The number of piperazine rings is 1. The molecule has 0 aromatic heterocycles. The molecule has 7 nitrogen and oxygen atoms in total. The average molecular weight is 469 g/mol. The molecule has 0 spiro atoms. The number of imide groups is 1. The van der Waals surface area contributed by atoms with Gasteiger partial charge in [-0.1, -0.05) is 18.2 Å². The highest BCUT2D eigenvalue weighted by molar-refractivity contribution is 7.89. The summed E-state index contributed by atoms with van der Waals surface area (Å²) >= 11 is 0.